The molecule has 0 atom stereocenters. The standard InChI is InChI=1S/C27H29N3O3S/c1-17-13-19(27(3,4)5)14-18(2)21(17)16-34-26-28-22-15-20(30(31)32)11-12-23(22)29(26)24-9-7-8-10-25(24)33-6/h7-15H,16H2,1-6H3. The first-order valence-corrected chi connectivity index (χ1v) is 12.1. The van der Waals surface area contributed by atoms with Gasteiger partial charge in [0.15, 0.2) is 5.16 Å². The second kappa shape index (κ2) is 9.14. The predicted octanol–water partition coefficient (Wildman–Crippen LogP) is 7.15. The van der Waals surface area contributed by atoms with E-state index < -0.39 is 4.92 Å². The van der Waals surface area contributed by atoms with Crippen LogP contribution in [-0.4, -0.2) is 21.6 Å². The summed E-state index contributed by atoms with van der Waals surface area (Å²) in [6.07, 6.45) is 0. The van der Waals surface area contributed by atoms with E-state index in [1.54, 1.807) is 24.9 Å². The molecule has 0 saturated carbocycles. The van der Waals surface area contributed by atoms with Crippen LogP contribution in [0, 0.1) is 24.0 Å². The summed E-state index contributed by atoms with van der Waals surface area (Å²) >= 11 is 1.62. The fraction of sp³-hybridized carbons (Fsp3) is 0.296. The van der Waals surface area contributed by atoms with Gasteiger partial charge in [0.25, 0.3) is 5.69 Å². The van der Waals surface area contributed by atoms with Gasteiger partial charge in [0.1, 0.15) is 5.75 Å². The van der Waals surface area contributed by atoms with Gasteiger partial charge in [-0.05, 0) is 59.7 Å². The lowest BCUT2D eigenvalue weighted by Crippen LogP contribution is -2.12. The number of aromatic nitrogens is 2. The summed E-state index contributed by atoms with van der Waals surface area (Å²) in [6, 6.07) is 17.1. The van der Waals surface area contributed by atoms with E-state index in [2.05, 4.69) is 46.8 Å². The molecular formula is C27H29N3O3S. The zero-order valence-electron chi connectivity index (χ0n) is 20.4. The number of rotatable bonds is 6. The minimum absolute atomic E-state index is 0.0261. The molecule has 4 aromatic rings. The van der Waals surface area contributed by atoms with Crippen molar-refractivity contribution in [3.8, 4) is 11.4 Å². The predicted molar refractivity (Wildman–Crippen MR) is 138 cm³/mol. The molecule has 0 spiro atoms. The number of methoxy groups -OCH3 is 1. The normalized spacial score (nSPS) is 11.7. The second-order valence-electron chi connectivity index (χ2n) is 9.46. The first kappa shape index (κ1) is 23.8. The third kappa shape index (κ3) is 4.53. The maximum atomic E-state index is 11.3. The van der Waals surface area contributed by atoms with Crippen molar-refractivity contribution < 1.29 is 9.66 Å². The van der Waals surface area contributed by atoms with Gasteiger partial charge in [0.05, 0.1) is 28.8 Å². The zero-order valence-corrected chi connectivity index (χ0v) is 21.2. The van der Waals surface area contributed by atoms with E-state index in [0.717, 1.165) is 22.1 Å². The molecule has 0 bridgehead atoms. The highest BCUT2D eigenvalue weighted by atomic mass is 32.2. The van der Waals surface area contributed by atoms with Crippen LogP contribution in [0.4, 0.5) is 5.69 Å². The van der Waals surface area contributed by atoms with E-state index in [4.69, 9.17) is 9.72 Å². The van der Waals surface area contributed by atoms with Gasteiger partial charge in [-0.1, -0.05) is 56.8 Å². The van der Waals surface area contributed by atoms with Crippen LogP contribution < -0.4 is 4.74 Å². The summed E-state index contributed by atoms with van der Waals surface area (Å²) in [4.78, 5) is 15.7. The number of hydrogen-bond donors (Lipinski definition) is 0. The molecule has 0 saturated heterocycles. The van der Waals surface area contributed by atoms with Crippen LogP contribution in [0.1, 0.15) is 43.0 Å². The molecular weight excluding hydrogens is 446 g/mol. The smallest absolute Gasteiger partial charge is 0.271 e. The molecule has 34 heavy (non-hydrogen) atoms. The van der Waals surface area contributed by atoms with Crippen molar-refractivity contribution in [3.05, 3.63) is 87.0 Å². The number of imidazole rings is 1. The van der Waals surface area contributed by atoms with Crippen LogP contribution in [0.2, 0.25) is 0 Å². The van der Waals surface area contributed by atoms with Crippen LogP contribution in [0.25, 0.3) is 16.7 Å². The van der Waals surface area contributed by atoms with Crippen molar-refractivity contribution in [1.82, 2.24) is 9.55 Å². The van der Waals surface area contributed by atoms with Gasteiger partial charge in [-0.25, -0.2) is 4.98 Å². The molecule has 0 fully saturated rings. The Kier molecular flexibility index (Phi) is 6.41. The van der Waals surface area contributed by atoms with Crippen molar-refractivity contribution in [2.45, 2.75) is 50.9 Å². The molecule has 0 aliphatic heterocycles. The van der Waals surface area contributed by atoms with E-state index >= 15 is 0 Å². The van der Waals surface area contributed by atoms with E-state index in [0.29, 0.717) is 11.3 Å². The van der Waals surface area contributed by atoms with Gasteiger partial charge < -0.3 is 4.74 Å². The minimum Gasteiger partial charge on any atom is -0.495 e. The Morgan fingerprint density at radius 2 is 1.74 bits per heavy atom. The largest absolute Gasteiger partial charge is 0.495 e. The van der Waals surface area contributed by atoms with Gasteiger partial charge in [-0.15, -0.1) is 0 Å². The zero-order chi connectivity index (χ0) is 24.6. The number of non-ortho nitro benzene ring substituents is 1. The number of nitro groups is 1. The van der Waals surface area contributed by atoms with Gasteiger partial charge in [0, 0.05) is 17.9 Å². The van der Waals surface area contributed by atoms with Crippen molar-refractivity contribution in [2.75, 3.05) is 7.11 Å². The summed E-state index contributed by atoms with van der Waals surface area (Å²) in [6.45, 7) is 11.0. The van der Waals surface area contributed by atoms with E-state index in [9.17, 15) is 10.1 Å². The average Bonchev–Trinajstić information content (AvgIpc) is 3.15. The van der Waals surface area contributed by atoms with Crippen molar-refractivity contribution in [2.24, 2.45) is 0 Å². The van der Waals surface area contributed by atoms with Gasteiger partial charge in [0.2, 0.25) is 0 Å². The van der Waals surface area contributed by atoms with Crippen molar-refractivity contribution >= 4 is 28.5 Å². The van der Waals surface area contributed by atoms with Crippen LogP contribution >= 0.6 is 11.8 Å². The number of fused-ring (bicyclic) bond motifs is 1. The molecule has 0 unspecified atom stereocenters. The maximum Gasteiger partial charge on any atom is 0.271 e. The molecule has 1 aromatic heterocycles. The molecule has 176 valence electrons. The summed E-state index contributed by atoms with van der Waals surface area (Å²) < 4.78 is 7.64. The third-order valence-corrected chi connectivity index (χ3v) is 7.02. The number of nitrogens with zero attached hydrogens (tertiary/aromatic N) is 3. The van der Waals surface area contributed by atoms with Crippen LogP contribution in [0.5, 0.6) is 5.75 Å². The topological polar surface area (TPSA) is 70.2 Å². The fourth-order valence-corrected chi connectivity index (χ4v) is 5.31. The van der Waals surface area contributed by atoms with E-state index in [1.165, 1.54) is 34.4 Å². The van der Waals surface area contributed by atoms with Crippen molar-refractivity contribution in [1.29, 1.82) is 0 Å². The van der Waals surface area contributed by atoms with Crippen LogP contribution in [-0.2, 0) is 11.2 Å². The van der Waals surface area contributed by atoms with Gasteiger partial charge in [-0.2, -0.15) is 0 Å². The first-order valence-electron chi connectivity index (χ1n) is 11.1. The SMILES string of the molecule is COc1ccccc1-n1c(SCc2c(C)cc(C(C)(C)C)cc2C)nc2cc([N+](=O)[O-])ccc21. The van der Waals surface area contributed by atoms with Gasteiger partial charge >= 0.3 is 0 Å². The lowest BCUT2D eigenvalue weighted by molar-refractivity contribution is -0.384. The molecule has 4 rings (SSSR count). The highest BCUT2D eigenvalue weighted by molar-refractivity contribution is 7.98. The number of benzene rings is 3. The molecule has 0 N–H and O–H groups in total. The highest BCUT2D eigenvalue weighted by Crippen LogP contribution is 2.36. The highest BCUT2D eigenvalue weighted by Gasteiger charge is 2.20. The summed E-state index contributed by atoms with van der Waals surface area (Å²) in [5.74, 6) is 1.45. The molecule has 0 amide bonds. The molecule has 6 nitrogen and oxygen atoms in total. The Balaban J connectivity index is 1.80. The fourth-order valence-electron chi connectivity index (χ4n) is 4.10. The number of ether oxygens (including phenoxy) is 1. The lowest BCUT2D eigenvalue weighted by atomic mass is 9.84. The van der Waals surface area contributed by atoms with Gasteiger partial charge in [-0.3, -0.25) is 14.7 Å². The number of thioether (sulfide) groups is 1. The number of para-hydroxylation sites is 2. The molecule has 7 heteroatoms. The monoisotopic (exact) mass is 475 g/mol. The van der Waals surface area contributed by atoms with Crippen molar-refractivity contribution in [3.63, 3.8) is 0 Å². The number of aryl methyl sites for hydroxylation is 2. The Bertz CT molecular complexity index is 1360. The molecule has 1 heterocycles. The third-order valence-electron chi connectivity index (χ3n) is 6.05. The van der Waals surface area contributed by atoms with E-state index in [1.807, 2.05) is 28.8 Å². The lowest BCUT2D eigenvalue weighted by Gasteiger charge is -2.22. The number of nitro benzene ring substituents is 1. The Morgan fingerprint density at radius 3 is 2.35 bits per heavy atom. The molecule has 0 aliphatic rings. The summed E-state index contributed by atoms with van der Waals surface area (Å²) in [5, 5.41) is 12.1. The summed E-state index contributed by atoms with van der Waals surface area (Å²) in [5.41, 5.74) is 7.47. The summed E-state index contributed by atoms with van der Waals surface area (Å²) in [7, 11) is 1.64. The minimum atomic E-state index is -0.391. The Hall–Kier alpha value is -3.32. The average molecular weight is 476 g/mol. The quantitative estimate of drug-likeness (QED) is 0.168. The van der Waals surface area contributed by atoms with Crippen LogP contribution in [0.3, 0.4) is 0 Å². The Morgan fingerprint density at radius 1 is 1.06 bits per heavy atom. The first-order chi connectivity index (χ1) is 16.1. The molecule has 3 aromatic carbocycles. The number of hydrogen-bond acceptors (Lipinski definition) is 5. The molecule has 0 aliphatic carbocycles. The molecule has 0 radical (unpaired) electrons. The van der Waals surface area contributed by atoms with E-state index in [-0.39, 0.29) is 11.1 Å². The Labute approximate surface area is 204 Å². The van der Waals surface area contributed by atoms with Crippen LogP contribution in [0.15, 0.2) is 59.8 Å². The second-order valence-corrected chi connectivity index (χ2v) is 10.4. The maximum absolute atomic E-state index is 11.3.